The van der Waals surface area contributed by atoms with E-state index >= 15 is 0 Å². The summed E-state index contributed by atoms with van der Waals surface area (Å²) >= 11 is 0. The van der Waals surface area contributed by atoms with Gasteiger partial charge in [-0.1, -0.05) is 17.3 Å². The molecule has 4 rings (SSSR count). The van der Waals surface area contributed by atoms with Crippen molar-refractivity contribution >= 4 is 6.08 Å². The second-order valence-corrected chi connectivity index (χ2v) is 6.79. The van der Waals surface area contributed by atoms with E-state index in [2.05, 4.69) is 10.1 Å². The van der Waals surface area contributed by atoms with Crippen molar-refractivity contribution in [1.82, 2.24) is 10.1 Å². The first-order valence-corrected chi connectivity index (χ1v) is 8.25. The highest BCUT2D eigenvalue weighted by Crippen LogP contribution is 2.35. The van der Waals surface area contributed by atoms with Crippen LogP contribution in [0.5, 0.6) is 5.75 Å². The molecule has 2 aromatic carbocycles. The number of fused-ring (bicyclic) bond motifs is 1. The van der Waals surface area contributed by atoms with Crippen molar-refractivity contribution in [3.63, 3.8) is 0 Å². The number of hydrogen-bond acceptors (Lipinski definition) is 4. The Bertz CT molecular complexity index is 1040. The van der Waals surface area contributed by atoms with Gasteiger partial charge in [-0.05, 0) is 56.3 Å². The van der Waals surface area contributed by atoms with Crippen LogP contribution in [0.25, 0.3) is 28.9 Å². The lowest BCUT2D eigenvalue weighted by Gasteiger charge is -2.27. The quantitative estimate of drug-likeness (QED) is 0.587. The molecule has 7 heteroatoms. The van der Waals surface area contributed by atoms with Gasteiger partial charge < -0.3 is 9.26 Å². The minimum Gasteiger partial charge on any atom is -0.483 e. The molecule has 0 fully saturated rings. The van der Waals surface area contributed by atoms with Gasteiger partial charge in [-0.25, -0.2) is 0 Å². The SMILES string of the molecule is CC1(C)C=Cc2cc(-c3noc(-c4cccc(C(F)(F)F)c4)n3)ccc2O1. The van der Waals surface area contributed by atoms with Gasteiger partial charge in [0.05, 0.1) is 5.56 Å². The van der Waals surface area contributed by atoms with Crippen molar-refractivity contribution in [2.45, 2.75) is 25.6 Å². The van der Waals surface area contributed by atoms with Gasteiger partial charge in [0.15, 0.2) is 0 Å². The second-order valence-electron chi connectivity index (χ2n) is 6.79. The molecule has 1 aromatic heterocycles. The Morgan fingerprint density at radius 1 is 1.00 bits per heavy atom. The molecule has 0 unspecified atom stereocenters. The Hall–Kier alpha value is -3.09. The normalized spacial score (nSPS) is 15.3. The molecule has 27 heavy (non-hydrogen) atoms. The first-order valence-electron chi connectivity index (χ1n) is 8.25. The number of rotatable bonds is 2. The third-order valence-electron chi connectivity index (χ3n) is 4.17. The Balaban J connectivity index is 1.66. The molecule has 0 N–H and O–H groups in total. The maximum Gasteiger partial charge on any atom is 0.416 e. The van der Waals surface area contributed by atoms with E-state index < -0.39 is 11.7 Å². The lowest BCUT2D eigenvalue weighted by molar-refractivity contribution is -0.137. The van der Waals surface area contributed by atoms with Crippen molar-refractivity contribution in [2.24, 2.45) is 0 Å². The first kappa shape index (κ1) is 17.3. The molecule has 0 aliphatic carbocycles. The summed E-state index contributed by atoms with van der Waals surface area (Å²) in [4.78, 5) is 4.24. The summed E-state index contributed by atoms with van der Waals surface area (Å²) in [6.45, 7) is 3.92. The molecule has 2 heterocycles. The zero-order valence-electron chi connectivity index (χ0n) is 14.5. The fourth-order valence-corrected chi connectivity index (χ4v) is 2.81. The molecule has 0 bridgehead atoms. The number of benzene rings is 2. The third kappa shape index (κ3) is 3.45. The molecule has 0 amide bonds. The summed E-state index contributed by atoms with van der Waals surface area (Å²) in [6, 6.07) is 10.2. The minimum atomic E-state index is -4.43. The summed E-state index contributed by atoms with van der Waals surface area (Å²) in [6.07, 6.45) is -0.531. The van der Waals surface area contributed by atoms with Crippen LogP contribution < -0.4 is 4.74 Å². The van der Waals surface area contributed by atoms with E-state index in [0.29, 0.717) is 11.4 Å². The summed E-state index contributed by atoms with van der Waals surface area (Å²) in [5.41, 5.74) is 0.628. The second kappa shape index (κ2) is 5.97. The van der Waals surface area contributed by atoms with Crippen LogP contribution >= 0.6 is 0 Å². The van der Waals surface area contributed by atoms with Gasteiger partial charge in [-0.2, -0.15) is 18.2 Å². The molecule has 0 saturated heterocycles. The van der Waals surface area contributed by atoms with Crippen LogP contribution in [0.15, 0.2) is 53.1 Å². The number of hydrogen-bond donors (Lipinski definition) is 0. The van der Waals surface area contributed by atoms with Gasteiger partial charge in [-0.3, -0.25) is 0 Å². The van der Waals surface area contributed by atoms with E-state index in [1.165, 1.54) is 12.1 Å². The summed E-state index contributed by atoms with van der Waals surface area (Å²) in [5.74, 6) is 1.07. The standard InChI is InChI=1S/C20H15F3N2O2/c1-19(2)9-8-12-10-13(6-7-16(12)26-19)17-24-18(27-25-17)14-4-3-5-15(11-14)20(21,22)23/h3-11H,1-2H3. The molecule has 1 aliphatic rings. The molecule has 0 saturated carbocycles. The van der Waals surface area contributed by atoms with Crippen LogP contribution in [0.1, 0.15) is 25.0 Å². The fourth-order valence-electron chi connectivity index (χ4n) is 2.81. The summed E-state index contributed by atoms with van der Waals surface area (Å²) < 4.78 is 49.7. The van der Waals surface area contributed by atoms with Crippen molar-refractivity contribution in [3.8, 4) is 28.6 Å². The van der Waals surface area contributed by atoms with Gasteiger partial charge in [0.1, 0.15) is 11.4 Å². The van der Waals surface area contributed by atoms with Gasteiger partial charge in [0.25, 0.3) is 5.89 Å². The Morgan fingerprint density at radius 2 is 1.81 bits per heavy atom. The summed E-state index contributed by atoms with van der Waals surface area (Å²) in [5, 5.41) is 3.90. The zero-order chi connectivity index (χ0) is 19.2. The fraction of sp³-hybridized carbons (Fsp3) is 0.200. The van der Waals surface area contributed by atoms with E-state index in [9.17, 15) is 13.2 Å². The summed E-state index contributed by atoms with van der Waals surface area (Å²) in [7, 11) is 0. The Labute approximate surface area is 153 Å². The van der Waals surface area contributed by atoms with Crippen LogP contribution in [0, 0.1) is 0 Å². The predicted molar refractivity (Wildman–Crippen MR) is 93.9 cm³/mol. The van der Waals surface area contributed by atoms with Crippen molar-refractivity contribution in [1.29, 1.82) is 0 Å². The molecule has 3 aromatic rings. The average Bonchev–Trinajstić information content (AvgIpc) is 3.10. The van der Waals surface area contributed by atoms with Crippen molar-refractivity contribution < 1.29 is 22.4 Å². The number of nitrogens with zero attached hydrogens (tertiary/aromatic N) is 2. The Morgan fingerprint density at radius 3 is 2.59 bits per heavy atom. The first-order chi connectivity index (χ1) is 12.7. The van der Waals surface area contributed by atoms with Crippen LogP contribution in [0.2, 0.25) is 0 Å². The van der Waals surface area contributed by atoms with E-state index in [0.717, 1.165) is 23.4 Å². The lowest BCUT2D eigenvalue weighted by atomic mass is 10.0. The van der Waals surface area contributed by atoms with Gasteiger partial charge in [0.2, 0.25) is 5.82 Å². The van der Waals surface area contributed by atoms with Crippen LogP contribution in [0.4, 0.5) is 13.2 Å². The Kier molecular flexibility index (Phi) is 3.83. The van der Waals surface area contributed by atoms with Crippen molar-refractivity contribution in [3.05, 3.63) is 59.7 Å². The maximum atomic E-state index is 12.9. The minimum absolute atomic E-state index is 0.0294. The highest BCUT2D eigenvalue weighted by atomic mass is 19.4. The highest BCUT2D eigenvalue weighted by molar-refractivity contribution is 5.69. The maximum absolute atomic E-state index is 12.9. The number of ether oxygens (including phenoxy) is 1. The zero-order valence-corrected chi connectivity index (χ0v) is 14.5. The van der Waals surface area contributed by atoms with E-state index in [-0.39, 0.29) is 17.1 Å². The highest BCUT2D eigenvalue weighted by Gasteiger charge is 2.31. The smallest absolute Gasteiger partial charge is 0.416 e. The monoisotopic (exact) mass is 372 g/mol. The van der Waals surface area contributed by atoms with Crippen molar-refractivity contribution in [2.75, 3.05) is 0 Å². The molecule has 0 radical (unpaired) electrons. The van der Waals surface area contributed by atoms with Gasteiger partial charge >= 0.3 is 6.18 Å². The van der Waals surface area contributed by atoms with Gasteiger partial charge in [-0.15, -0.1) is 0 Å². The molecule has 138 valence electrons. The topological polar surface area (TPSA) is 48.2 Å². The molecule has 4 nitrogen and oxygen atoms in total. The molecular weight excluding hydrogens is 357 g/mol. The van der Waals surface area contributed by atoms with E-state index in [1.807, 2.05) is 38.1 Å². The van der Waals surface area contributed by atoms with Crippen LogP contribution in [-0.2, 0) is 6.18 Å². The average molecular weight is 372 g/mol. The predicted octanol–water partition coefficient (Wildman–Crippen LogP) is 5.61. The molecule has 0 atom stereocenters. The third-order valence-corrected chi connectivity index (χ3v) is 4.17. The lowest BCUT2D eigenvalue weighted by Crippen LogP contribution is -2.27. The molecule has 0 spiro atoms. The number of aromatic nitrogens is 2. The largest absolute Gasteiger partial charge is 0.483 e. The number of alkyl halides is 3. The van der Waals surface area contributed by atoms with Gasteiger partial charge in [0, 0.05) is 16.7 Å². The molecule has 1 aliphatic heterocycles. The van der Waals surface area contributed by atoms with E-state index in [4.69, 9.17) is 9.26 Å². The van der Waals surface area contributed by atoms with E-state index in [1.54, 1.807) is 6.07 Å². The molecular formula is C20H15F3N2O2. The number of halogens is 3. The van der Waals surface area contributed by atoms with Crippen LogP contribution in [0.3, 0.4) is 0 Å². The van der Waals surface area contributed by atoms with Crippen LogP contribution in [-0.4, -0.2) is 15.7 Å².